The van der Waals surface area contributed by atoms with Gasteiger partial charge in [0.25, 0.3) is 0 Å². The van der Waals surface area contributed by atoms with Crippen molar-refractivity contribution in [2.45, 2.75) is 39.4 Å². The first kappa shape index (κ1) is 14.2. The van der Waals surface area contributed by atoms with Crippen molar-refractivity contribution in [1.82, 2.24) is 0 Å². The van der Waals surface area contributed by atoms with Gasteiger partial charge in [0.15, 0.2) is 0 Å². The summed E-state index contributed by atoms with van der Waals surface area (Å²) in [5.74, 6) is -0.684. The number of ether oxygens (including phenoxy) is 2. The Hall–Kier alpha value is -1.84. The first-order chi connectivity index (χ1) is 8.49. The lowest BCUT2D eigenvalue weighted by atomic mass is 10.0. The molecule has 0 fully saturated rings. The zero-order valence-electron chi connectivity index (χ0n) is 10.9. The van der Waals surface area contributed by atoms with Crippen molar-refractivity contribution < 1.29 is 19.1 Å². The molecule has 4 heteroatoms. The van der Waals surface area contributed by atoms with Gasteiger partial charge in [-0.05, 0) is 12.5 Å². The predicted molar refractivity (Wildman–Crippen MR) is 66.8 cm³/mol. The van der Waals surface area contributed by atoms with Crippen LogP contribution in [-0.4, -0.2) is 18.0 Å². The monoisotopic (exact) mass is 250 g/mol. The zero-order valence-corrected chi connectivity index (χ0v) is 10.9. The minimum absolute atomic E-state index is 0.299. The van der Waals surface area contributed by atoms with Crippen LogP contribution in [0.2, 0.25) is 0 Å². The van der Waals surface area contributed by atoms with E-state index >= 15 is 0 Å². The smallest absolute Gasteiger partial charge is 0.303 e. The summed E-state index contributed by atoms with van der Waals surface area (Å²) in [6, 6.07) is 9.41. The number of benzene rings is 1. The fourth-order valence-corrected chi connectivity index (χ4v) is 1.75. The largest absolute Gasteiger partial charge is 0.463 e. The van der Waals surface area contributed by atoms with E-state index in [0.29, 0.717) is 6.42 Å². The average Bonchev–Trinajstić information content (AvgIpc) is 2.27. The summed E-state index contributed by atoms with van der Waals surface area (Å²) in [5, 5.41) is 0. The van der Waals surface area contributed by atoms with Gasteiger partial charge in [0.1, 0.15) is 12.2 Å². The van der Waals surface area contributed by atoms with Gasteiger partial charge >= 0.3 is 11.9 Å². The van der Waals surface area contributed by atoms with Gasteiger partial charge in [-0.3, -0.25) is 9.59 Å². The Balaban J connectivity index is 2.73. The van der Waals surface area contributed by atoms with Crippen LogP contribution in [0.5, 0.6) is 0 Å². The van der Waals surface area contributed by atoms with Gasteiger partial charge in [-0.2, -0.15) is 0 Å². The first-order valence-corrected chi connectivity index (χ1v) is 5.88. The summed E-state index contributed by atoms with van der Waals surface area (Å²) < 4.78 is 10.3. The SMILES string of the molecule is CC(=O)O[C@H](C)C[C@@H](OC(C)=O)c1ccccc1. The minimum atomic E-state index is -0.391. The van der Waals surface area contributed by atoms with E-state index in [0.717, 1.165) is 5.56 Å². The second-order valence-corrected chi connectivity index (χ2v) is 4.16. The Morgan fingerprint density at radius 1 is 1.06 bits per heavy atom. The molecule has 1 aromatic rings. The normalized spacial score (nSPS) is 13.5. The van der Waals surface area contributed by atoms with Crippen molar-refractivity contribution in [3.8, 4) is 0 Å². The molecule has 0 radical (unpaired) electrons. The van der Waals surface area contributed by atoms with Gasteiger partial charge in [0, 0.05) is 20.3 Å². The molecule has 0 aliphatic rings. The second-order valence-electron chi connectivity index (χ2n) is 4.16. The highest BCUT2D eigenvalue weighted by molar-refractivity contribution is 5.66. The Bertz CT molecular complexity index is 400. The Kier molecular flexibility index (Phi) is 5.36. The summed E-state index contributed by atoms with van der Waals surface area (Å²) in [6.45, 7) is 4.51. The van der Waals surface area contributed by atoms with Crippen molar-refractivity contribution in [3.63, 3.8) is 0 Å². The maximum absolute atomic E-state index is 11.1. The van der Waals surface area contributed by atoms with Gasteiger partial charge in [0.2, 0.25) is 0 Å². The molecule has 0 N–H and O–H groups in total. The van der Waals surface area contributed by atoms with E-state index in [1.165, 1.54) is 13.8 Å². The van der Waals surface area contributed by atoms with Crippen molar-refractivity contribution in [3.05, 3.63) is 35.9 Å². The van der Waals surface area contributed by atoms with Crippen LogP contribution in [0.15, 0.2) is 30.3 Å². The van der Waals surface area contributed by atoms with Crippen LogP contribution in [0.25, 0.3) is 0 Å². The highest BCUT2D eigenvalue weighted by Crippen LogP contribution is 2.23. The van der Waals surface area contributed by atoms with Gasteiger partial charge in [-0.25, -0.2) is 0 Å². The third kappa shape index (κ3) is 4.99. The zero-order chi connectivity index (χ0) is 13.5. The third-order valence-corrected chi connectivity index (χ3v) is 2.39. The minimum Gasteiger partial charge on any atom is -0.463 e. The quantitative estimate of drug-likeness (QED) is 0.754. The Labute approximate surface area is 107 Å². The van der Waals surface area contributed by atoms with Gasteiger partial charge in [-0.15, -0.1) is 0 Å². The van der Waals surface area contributed by atoms with E-state index in [4.69, 9.17) is 9.47 Å². The summed E-state index contributed by atoms with van der Waals surface area (Å²) in [4.78, 5) is 22.0. The fourth-order valence-electron chi connectivity index (χ4n) is 1.75. The molecule has 0 amide bonds. The highest BCUT2D eigenvalue weighted by Gasteiger charge is 2.19. The molecule has 0 aromatic heterocycles. The van der Waals surface area contributed by atoms with E-state index in [2.05, 4.69) is 0 Å². The Morgan fingerprint density at radius 3 is 2.11 bits per heavy atom. The summed E-state index contributed by atoms with van der Waals surface area (Å²) in [7, 11) is 0. The van der Waals surface area contributed by atoms with Gasteiger partial charge < -0.3 is 9.47 Å². The molecule has 18 heavy (non-hydrogen) atoms. The summed E-state index contributed by atoms with van der Waals surface area (Å²) >= 11 is 0. The standard InChI is InChI=1S/C14H18O4/c1-10(17-11(2)15)9-14(18-12(3)16)13-7-5-4-6-8-13/h4-8,10,14H,9H2,1-3H3/t10-,14-/m1/s1. The molecule has 0 heterocycles. The van der Waals surface area contributed by atoms with Crippen LogP contribution >= 0.6 is 0 Å². The average molecular weight is 250 g/mol. The number of hydrogen-bond donors (Lipinski definition) is 0. The lowest BCUT2D eigenvalue weighted by Crippen LogP contribution is -2.19. The molecule has 0 bridgehead atoms. The predicted octanol–water partition coefficient (Wildman–Crippen LogP) is 2.63. The second kappa shape index (κ2) is 6.79. The molecule has 0 aliphatic carbocycles. The van der Waals surface area contributed by atoms with E-state index in [9.17, 15) is 9.59 Å². The number of hydrogen-bond acceptors (Lipinski definition) is 4. The molecule has 0 unspecified atom stereocenters. The lowest BCUT2D eigenvalue weighted by Gasteiger charge is -2.21. The molecule has 98 valence electrons. The van der Waals surface area contributed by atoms with Crippen LogP contribution in [-0.2, 0) is 19.1 Å². The number of rotatable bonds is 5. The number of carbonyl (C=O) groups excluding carboxylic acids is 2. The molecule has 0 spiro atoms. The van der Waals surface area contributed by atoms with Crippen molar-refractivity contribution in [1.29, 1.82) is 0 Å². The fraction of sp³-hybridized carbons (Fsp3) is 0.429. The molecule has 0 aliphatic heterocycles. The maximum atomic E-state index is 11.1. The molecular weight excluding hydrogens is 232 g/mol. The Morgan fingerprint density at radius 2 is 1.61 bits per heavy atom. The molecule has 2 atom stereocenters. The molecular formula is C14H18O4. The van der Waals surface area contributed by atoms with Crippen LogP contribution in [0.4, 0.5) is 0 Å². The van der Waals surface area contributed by atoms with Crippen LogP contribution in [0.1, 0.15) is 38.9 Å². The molecule has 0 saturated heterocycles. The first-order valence-electron chi connectivity index (χ1n) is 5.88. The third-order valence-electron chi connectivity index (χ3n) is 2.39. The lowest BCUT2D eigenvalue weighted by molar-refractivity contribution is -0.152. The van der Waals surface area contributed by atoms with Gasteiger partial charge in [0.05, 0.1) is 0 Å². The van der Waals surface area contributed by atoms with Crippen molar-refractivity contribution in [2.75, 3.05) is 0 Å². The van der Waals surface area contributed by atoms with Crippen molar-refractivity contribution >= 4 is 11.9 Å². The van der Waals surface area contributed by atoms with Crippen LogP contribution < -0.4 is 0 Å². The molecule has 4 nitrogen and oxygen atoms in total. The maximum Gasteiger partial charge on any atom is 0.303 e. The van der Waals surface area contributed by atoms with E-state index < -0.39 is 6.10 Å². The molecule has 1 rings (SSSR count). The topological polar surface area (TPSA) is 52.6 Å². The van der Waals surface area contributed by atoms with Gasteiger partial charge in [-0.1, -0.05) is 30.3 Å². The van der Waals surface area contributed by atoms with Crippen LogP contribution in [0.3, 0.4) is 0 Å². The van der Waals surface area contributed by atoms with Crippen molar-refractivity contribution in [2.24, 2.45) is 0 Å². The van der Waals surface area contributed by atoms with E-state index in [-0.39, 0.29) is 18.0 Å². The molecule has 1 aromatic carbocycles. The highest BCUT2D eigenvalue weighted by atomic mass is 16.6. The summed E-state index contributed by atoms with van der Waals surface area (Å²) in [5.41, 5.74) is 0.895. The number of esters is 2. The van der Waals surface area contributed by atoms with Crippen LogP contribution in [0, 0.1) is 0 Å². The van der Waals surface area contributed by atoms with E-state index in [1.807, 2.05) is 30.3 Å². The number of carbonyl (C=O) groups is 2. The summed E-state index contributed by atoms with van der Waals surface area (Å²) in [6.07, 6.45) is -0.242. The molecule has 0 saturated carbocycles. The van der Waals surface area contributed by atoms with E-state index in [1.54, 1.807) is 6.92 Å².